The molecule has 0 atom stereocenters. The van der Waals surface area contributed by atoms with Gasteiger partial charge in [0.2, 0.25) is 0 Å². The average molecular weight is 365 g/mol. The quantitative estimate of drug-likeness (QED) is 0.719. The van der Waals surface area contributed by atoms with Crippen molar-refractivity contribution >= 4 is 15.9 Å². The molecule has 3 rings (SSSR count). The van der Waals surface area contributed by atoms with Crippen molar-refractivity contribution in [1.29, 1.82) is 5.26 Å². The minimum Gasteiger partial charge on any atom is -0.321 e. The molecule has 4 heteroatoms. The van der Waals surface area contributed by atoms with E-state index in [1.165, 1.54) is 0 Å². The summed E-state index contributed by atoms with van der Waals surface area (Å²) in [6, 6.07) is 19.3. The third kappa shape index (κ3) is 3.10. The van der Waals surface area contributed by atoms with Crippen LogP contribution < -0.4 is 5.56 Å². The van der Waals surface area contributed by atoms with Crippen LogP contribution in [-0.2, 0) is 0 Å². The van der Waals surface area contributed by atoms with Gasteiger partial charge in [0.15, 0.2) is 0 Å². The Morgan fingerprint density at radius 1 is 1.04 bits per heavy atom. The molecule has 0 aliphatic heterocycles. The molecule has 0 aliphatic carbocycles. The smallest absolute Gasteiger partial charge is 0.266 e. The topological polar surface area (TPSA) is 56.6 Å². The van der Waals surface area contributed by atoms with E-state index in [1.54, 1.807) is 0 Å². The van der Waals surface area contributed by atoms with Crippen LogP contribution in [0.4, 0.5) is 0 Å². The summed E-state index contributed by atoms with van der Waals surface area (Å²) in [7, 11) is 0. The first-order chi connectivity index (χ1) is 11.1. The van der Waals surface area contributed by atoms with Gasteiger partial charge in [0, 0.05) is 15.7 Å². The van der Waals surface area contributed by atoms with Crippen molar-refractivity contribution in [2.24, 2.45) is 0 Å². The van der Waals surface area contributed by atoms with Crippen molar-refractivity contribution in [2.75, 3.05) is 0 Å². The summed E-state index contributed by atoms with van der Waals surface area (Å²) in [5.41, 5.74) is 3.95. The van der Waals surface area contributed by atoms with Gasteiger partial charge in [-0.3, -0.25) is 4.79 Å². The molecule has 0 amide bonds. The van der Waals surface area contributed by atoms with Gasteiger partial charge in [-0.15, -0.1) is 0 Å². The summed E-state index contributed by atoms with van der Waals surface area (Å²) < 4.78 is 0.969. The molecule has 1 N–H and O–H groups in total. The molecule has 0 spiro atoms. The highest BCUT2D eigenvalue weighted by atomic mass is 79.9. The highest BCUT2D eigenvalue weighted by molar-refractivity contribution is 9.10. The first-order valence-corrected chi connectivity index (χ1v) is 7.88. The van der Waals surface area contributed by atoms with Gasteiger partial charge in [-0.25, -0.2) is 0 Å². The van der Waals surface area contributed by atoms with E-state index < -0.39 is 0 Å². The summed E-state index contributed by atoms with van der Waals surface area (Å²) in [5, 5.41) is 9.35. The van der Waals surface area contributed by atoms with Crippen molar-refractivity contribution in [3.05, 3.63) is 80.6 Å². The van der Waals surface area contributed by atoms with Crippen molar-refractivity contribution in [3.8, 4) is 28.5 Å². The number of halogens is 1. The molecule has 2 aromatic carbocycles. The molecule has 0 bridgehead atoms. The summed E-state index contributed by atoms with van der Waals surface area (Å²) in [6.45, 7) is 1.98. The lowest BCUT2D eigenvalue weighted by Crippen LogP contribution is -2.12. The molecule has 0 saturated carbocycles. The number of aromatic nitrogens is 1. The zero-order valence-corrected chi connectivity index (χ0v) is 14.0. The number of hydrogen-bond donors (Lipinski definition) is 1. The van der Waals surface area contributed by atoms with Crippen LogP contribution in [0, 0.1) is 18.3 Å². The van der Waals surface area contributed by atoms with Crippen molar-refractivity contribution in [1.82, 2.24) is 4.98 Å². The van der Waals surface area contributed by atoms with Gasteiger partial charge in [0.1, 0.15) is 11.6 Å². The van der Waals surface area contributed by atoms with Crippen LogP contribution >= 0.6 is 15.9 Å². The fourth-order valence-corrected chi connectivity index (χ4v) is 2.76. The third-order valence-electron chi connectivity index (χ3n) is 3.63. The van der Waals surface area contributed by atoms with E-state index in [9.17, 15) is 10.1 Å². The van der Waals surface area contributed by atoms with Crippen LogP contribution in [0.3, 0.4) is 0 Å². The molecule has 0 unspecified atom stereocenters. The molecule has 0 aliphatic rings. The highest BCUT2D eigenvalue weighted by Gasteiger charge is 2.12. The molecular weight excluding hydrogens is 352 g/mol. The average Bonchev–Trinajstić information content (AvgIpc) is 2.55. The number of aryl methyl sites for hydroxylation is 1. The maximum absolute atomic E-state index is 12.3. The lowest BCUT2D eigenvalue weighted by atomic mass is 9.98. The van der Waals surface area contributed by atoms with Crippen molar-refractivity contribution in [3.63, 3.8) is 0 Å². The number of aromatic amines is 1. The molecule has 0 saturated heterocycles. The van der Waals surface area contributed by atoms with Gasteiger partial charge in [-0.1, -0.05) is 57.9 Å². The lowest BCUT2D eigenvalue weighted by molar-refractivity contribution is 1.22. The molecule has 23 heavy (non-hydrogen) atoms. The number of nitrogens with zero attached hydrogens (tertiary/aromatic N) is 1. The number of nitriles is 1. The van der Waals surface area contributed by atoms with E-state index in [-0.39, 0.29) is 11.1 Å². The normalized spacial score (nSPS) is 10.3. The predicted octanol–water partition coefficient (Wildman–Crippen LogP) is 4.65. The van der Waals surface area contributed by atoms with E-state index in [4.69, 9.17) is 0 Å². The predicted molar refractivity (Wildman–Crippen MR) is 95.1 cm³/mol. The van der Waals surface area contributed by atoms with Crippen LogP contribution in [0.5, 0.6) is 0 Å². The van der Waals surface area contributed by atoms with Gasteiger partial charge in [-0.05, 0) is 36.2 Å². The van der Waals surface area contributed by atoms with Gasteiger partial charge in [0.05, 0.1) is 0 Å². The minimum atomic E-state index is -0.371. The Morgan fingerprint density at radius 3 is 2.43 bits per heavy atom. The summed E-state index contributed by atoms with van der Waals surface area (Å²) in [6.07, 6.45) is 0. The Hall–Kier alpha value is -2.64. The molecule has 3 aromatic rings. The number of nitrogens with one attached hydrogen (secondary N) is 1. The van der Waals surface area contributed by atoms with Crippen LogP contribution in [0.15, 0.2) is 63.9 Å². The Kier molecular flexibility index (Phi) is 4.14. The van der Waals surface area contributed by atoms with Crippen molar-refractivity contribution in [2.45, 2.75) is 6.92 Å². The Morgan fingerprint density at radius 2 is 1.78 bits per heavy atom. The fourth-order valence-electron chi connectivity index (χ4n) is 2.50. The molecular formula is C19H13BrN2O. The standard InChI is InChI=1S/C19H13BrN2O/c1-12-3-2-4-14(9-12)16-10-18(22-19(23)17(16)11-21)13-5-7-15(20)8-6-13/h2-10H,1H3,(H,22,23). The Bertz CT molecular complexity index is 966. The second-order valence-corrected chi connectivity index (χ2v) is 6.20. The van der Waals surface area contributed by atoms with E-state index >= 15 is 0 Å². The van der Waals surface area contributed by atoms with Gasteiger partial charge in [0.25, 0.3) is 5.56 Å². The van der Waals surface area contributed by atoms with E-state index in [0.717, 1.165) is 21.2 Å². The van der Waals surface area contributed by atoms with Crippen LogP contribution in [-0.4, -0.2) is 4.98 Å². The van der Waals surface area contributed by atoms with Gasteiger partial charge >= 0.3 is 0 Å². The largest absolute Gasteiger partial charge is 0.321 e. The third-order valence-corrected chi connectivity index (χ3v) is 4.16. The molecule has 1 aromatic heterocycles. The maximum Gasteiger partial charge on any atom is 0.266 e. The molecule has 0 radical (unpaired) electrons. The summed E-state index contributed by atoms with van der Waals surface area (Å²) in [5.74, 6) is 0. The monoisotopic (exact) mass is 364 g/mol. The van der Waals surface area contributed by atoms with Crippen molar-refractivity contribution < 1.29 is 0 Å². The van der Waals surface area contributed by atoms with Gasteiger partial charge < -0.3 is 4.98 Å². The Balaban J connectivity index is 2.24. The number of H-pyrrole nitrogens is 1. The number of hydrogen-bond acceptors (Lipinski definition) is 2. The van der Waals surface area contributed by atoms with Gasteiger partial charge in [-0.2, -0.15) is 5.26 Å². The molecule has 112 valence electrons. The number of pyridine rings is 1. The fraction of sp³-hybridized carbons (Fsp3) is 0.0526. The zero-order chi connectivity index (χ0) is 16.4. The SMILES string of the molecule is Cc1cccc(-c2cc(-c3ccc(Br)cc3)[nH]c(=O)c2C#N)c1. The van der Waals surface area contributed by atoms with E-state index in [1.807, 2.05) is 67.6 Å². The lowest BCUT2D eigenvalue weighted by Gasteiger charge is -2.09. The Labute approximate surface area is 142 Å². The second-order valence-electron chi connectivity index (χ2n) is 5.29. The maximum atomic E-state index is 12.3. The van der Waals surface area contributed by atoms with Crippen LogP contribution in [0.1, 0.15) is 11.1 Å². The summed E-state index contributed by atoms with van der Waals surface area (Å²) >= 11 is 3.40. The van der Waals surface area contributed by atoms with Crippen LogP contribution in [0.25, 0.3) is 22.4 Å². The minimum absolute atomic E-state index is 0.136. The summed E-state index contributed by atoms with van der Waals surface area (Å²) in [4.78, 5) is 15.1. The number of rotatable bonds is 2. The number of benzene rings is 2. The van der Waals surface area contributed by atoms with Crippen LogP contribution in [0.2, 0.25) is 0 Å². The molecule has 1 heterocycles. The zero-order valence-electron chi connectivity index (χ0n) is 12.4. The molecule has 3 nitrogen and oxygen atoms in total. The van der Waals surface area contributed by atoms with E-state index in [0.29, 0.717) is 11.3 Å². The first-order valence-electron chi connectivity index (χ1n) is 7.09. The highest BCUT2D eigenvalue weighted by Crippen LogP contribution is 2.27. The second kappa shape index (κ2) is 6.23. The first kappa shape index (κ1) is 15.3. The molecule has 0 fully saturated rings. The van der Waals surface area contributed by atoms with E-state index in [2.05, 4.69) is 20.9 Å².